The van der Waals surface area contributed by atoms with Gasteiger partial charge in [0.2, 0.25) is 0 Å². The molecule has 144 valence electrons. The fourth-order valence-electron chi connectivity index (χ4n) is 8.20. The first kappa shape index (κ1) is 18.2. The van der Waals surface area contributed by atoms with Crippen LogP contribution in [-0.4, -0.2) is 44.8 Å². The lowest BCUT2D eigenvalue weighted by Crippen LogP contribution is -2.57. The molecule has 0 saturated heterocycles. The van der Waals surface area contributed by atoms with Crippen molar-refractivity contribution >= 4 is 0 Å². The second-order valence-corrected chi connectivity index (χ2v) is 10.3. The summed E-state index contributed by atoms with van der Waals surface area (Å²) in [5.74, 6) is 2.13. The molecule has 4 aliphatic carbocycles. The van der Waals surface area contributed by atoms with Crippen LogP contribution < -0.4 is 0 Å². The predicted octanol–water partition coefficient (Wildman–Crippen LogP) is 2.33. The third kappa shape index (κ3) is 2.47. The van der Waals surface area contributed by atoms with Crippen molar-refractivity contribution in [3.8, 4) is 0 Å². The second-order valence-electron chi connectivity index (χ2n) is 10.3. The highest BCUT2D eigenvalue weighted by Gasteiger charge is 2.63. The van der Waals surface area contributed by atoms with Crippen molar-refractivity contribution in [2.24, 2.45) is 40.4 Å². The number of aliphatic hydroxyl groups is 4. The predicted molar refractivity (Wildman–Crippen MR) is 95.7 cm³/mol. The van der Waals surface area contributed by atoms with E-state index < -0.39 is 24.4 Å². The number of fused-ring (bicyclic) bond motifs is 5. The summed E-state index contributed by atoms with van der Waals surface area (Å²) in [5.41, 5.74) is 0.140. The molecule has 11 atom stereocenters. The van der Waals surface area contributed by atoms with Crippen molar-refractivity contribution in [3.63, 3.8) is 0 Å². The van der Waals surface area contributed by atoms with Gasteiger partial charge in [-0.25, -0.2) is 0 Å². The zero-order valence-electron chi connectivity index (χ0n) is 15.9. The lowest BCUT2D eigenvalue weighted by molar-refractivity contribution is -0.162. The maximum absolute atomic E-state index is 10.7. The largest absolute Gasteiger partial charge is 0.393 e. The van der Waals surface area contributed by atoms with E-state index in [1.54, 1.807) is 0 Å². The van der Waals surface area contributed by atoms with E-state index >= 15 is 0 Å². The molecule has 0 amide bonds. The summed E-state index contributed by atoms with van der Waals surface area (Å²) < 4.78 is 0. The molecule has 25 heavy (non-hydrogen) atoms. The molecule has 4 fully saturated rings. The molecule has 0 bridgehead atoms. The highest BCUT2D eigenvalue weighted by Crippen LogP contribution is 2.67. The number of rotatable bonds is 1. The zero-order valence-corrected chi connectivity index (χ0v) is 15.9. The fourth-order valence-corrected chi connectivity index (χ4v) is 8.20. The Morgan fingerprint density at radius 3 is 2.24 bits per heavy atom. The van der Waals surface area contributed by atoms with Gasteiger partial charge in [0, 0.05) is 5.92 Å². The zero-order chi connectivity index (χ0) is 18.1. The van der Waals surface area contributed by atoms with Gasteiger partial charge in [0.25, 0.3) is 0 Å². The summed E-state index contributed by atoms with van der Waals surface area (Å²) in [5, 5.41) is 41.5. The van der Waals surface area contributed by atoms with Gasteiger partial charge in [-0.1, -0.05) is 13.8 Å². The minimum Gasteiger partial charge on any atom is -0.393 e. The lowest BCUT2D eigenvalue weighted by atomic mass is 9.44. The van der Waals surface area contributed by atoms with Gasteiger partial charge >= 0.3 is 0 Å². The van der Waals surface area contributed by atoms with E-state index in [0.717, 1.165) is 32.1 Å². The molecule has 0 aromatic carbocycles. The van der Waals surface area contributed by atoms with Crippen molar-refractivity contribution < 1.29 is 20.4 Å². The number of hydrogen-bond acceptors (Lipinski definition) is 4. The van der Waals surface area contributed by atoms with E-state index in [9.17, 15) is 20.4 Å². The smallest absolute Gasteiger partial charge is 0.0804 e. The van der Waals surface area contributed by atoms with Gasteiger partial charge in [0.15, 0.2) is 0 Å². The Labute approximate surface area is 151 Å². The average Bonchev–Trinajstić information content (AvgIpc) is 2.79. The monoisotopic (exact) mass is 352 g/mol. The molecule has 4 saturated carbocycles. The van der Waals surface area contributed by atoms with E-state index in [1.165, 1.54) is 6.42 Å². The van der Waals surface area contributed by atoms with Gasteiger partial charge in [-0.2, -0.15) is 0 Å². The molecule has 4 heteroatoms. The molecule has 4 N–H and O–H groups in total. The highest BCUT2D eigenvalue weighted by molar-refractivity contribution is 5.12. The first-order valence-electron chi connectivity index (χ1n) is 10.4. The fraction of sp³-hybridized carbons (Fsp3) is 1.00. The van der Waals surface area contributed by atoms with Gasteiger partial charge < -0.3 is 20.4 Å². The van der Waals surface area contributed by atoms with Gasteiger partial charge in [-0.15, -0.1) is 0 Å². The third-order valence-electron chi connectivity index (χ3n) is 9.31. The minimum absolute atomic E-state index is 0.0113. The first-order chi connectivity index (χ1) is 11.7. The van der Waals surface area contributed by atoms with Gasteiger partial charge in [-0.05, 0) is 86.4 Å². The molecular formula is C21H36O4. The van der Waals surface area contributed by atoms with Crippen molar-refractivity contribution in [3.05, 3.63) is 0 Å². The number of aliphatic hydroxyl groups excluding tert-OH is 4. The van der Waals surface area contributed by atoms with E-state index in [1.807, 2.05) is 6.92 Å². The molecule has 0 aliphatic heterocycles. The molecule has 0 heterocycles. The Morgan fingerprint density at radius 2 is 1.56 bits per heavy atom. The van der Waals surface area contributed by atoms with Crippen LogP contribution in [-0.2, 0) is 0 Å². The number of hydrogen-bond donors (Lipinski definition) is 4. The maximum Gasteiger partial charge on any atom is 0.0804 e. The molecule has 4 nitrogen and oxygen atoms in total. The summed E-state index contributed by atoms with van der Waals surface area (Å²) in [6.45, 7) is 6.49. The second kappa shape index (κ2) is 5.92. The summed E-state index contributed by atoms with van der Waals surface area (Å²) in [7, 11) is 0. The average molecular weight is 353 g/mol. The minimum atomic E-state index is -0.590. The van der Waals surface area contributed by atoms with Crippen LogP contribution in [0.3, 0.4) is 0 Å². The van der Waals surface area contributed by atoms with Crippen molar-refractivity contribution in [1.82, 2.24) is 0 Å². The van der Waals surface area contributed by atoms with Gasteiger partial charge in [0.1, 0.15) is 0 Å². The molecule has 0 aromatic rings. The van der Waals surface area contributed by atoms with Crippen molar-refractivity contribution in [2.75, 3.05) is 0 Å². The van der Waals surface area contributed by atoms with Crippen LogP contribution in [0.4, 0.5) is 0 Å². The van der Waals surface area contributed by atoms with Crippen LogP contribution in [0.5, 0.6) is 0 Å². The highest BCUT2D eigenvalue weighted by atomic mass is 16.3. The summed E-state index contributed by atoms with van der Waals surface area (Å²) in [6.07, 6.45) is 4.77. The normalized spacial score (nSPS) is 59.6. The Bertz CT molecular complexity index is 522. The molecule has 4 aliphatic rings. The van der Waals surface area contributed by atoms with Crippen LogP contribution in [0.25, 0.3) is 0 Å². The third-order valence-corrected chi connectivity index (χ3v) is 9.31. The van der Waals surface area contributed by atoms with E-state index in [-0.39, 0.29) is 16.7 Å². The van der Waals surface area contributed by atoms with Crippen molar-refractivity contribution in [2.45, 2.75) is 90.1 Å². The maximum atomic E-state index is 10.7. The van der Waals surface area contributed by atoms with E-state index in [2.05, 4.69) is 13.8 Å². The molecule has 0 spiro atoms. The molecule has 4 rings (SSSR count). The Hall–Kier alpha value is -0.160. The Balaban J connectivity index is 1.63. The summed E-state index contributed by atoms with van der Waals surface area (Å²) in [6, 6.07) is 0. The Kier molecular flexibility index (Phi) is 4.31. The standard InChI is InChI=1S/C21H36O4/c1-11(22)19-17(24)9-15-13-5-4-12-8-16(23)18(25)10-21(12,3)14(13)6-7-20(15,19)2/h11-19,22-25H,4-10H2,1-3H3. The van der Waals surface area contributed by atoms with Gasteiger partial charge in [0.05, 0.1) is 24.4 Å². The lowest BCUT2D eigenvalue weighted by Gasteiger charge is -2.61. The van der Waals surface area contributed by atoms with Crippen LogP contribution >= 0.6 is 0 Å². The van der Waals surface area contributed by atoms with Crippen LogP contribution in [0.15, 0.2) is 0 Å². The van der Waals surface area contributed by atoms with Crippen LogP contribution in [0.1, 0.15) is 65.7 Å². The van der Waals surface area contributed by atoms with Crippen molar-refractivity contribution in [1.29, 1.82) is 0 Å². The SMILES string of the molecule is CC(O)C1C(O)CC2C3CCC4CC(O)C(O)CC4(C)C3CCC21C. The van der Waals surface area contributed by atoms with Gasteiger partial charge in [-0.3, -0.25) is 0 Å². The molecule has 0 radical (unpaired) electrons. The molecular weight excluding hydrogens is 316 g/mol. The van der Waals surface area contributed by atoms with Crippen LogP contribution in [0, 0.1) is 40.4 Å². The molecule has 11 unspecified atom stereocenters. The van der Waals surface area contributed by atoms with E-state index in [0.29, 0.717) is 30.1 Å². The quantitative estimate of drug-likeness (QED) is 0.584. The Morgan fingerprint density at radius 1 is 0.840 bits per heavy atom. The summed E-state index contributed by atoms with van der Waals surface area (Å²) in [4.78, 5) is 0. The molecule has 0 aromatic heterocycles. The van der Waals surface area contributed by atoms with E-state index in [4.69, 9.17) is 0 Å². The first-order valence-corrected chi connectivity index (χ1v) is 10.4. The topological polar surface area (TPSA) is 80.9 Å². The summed E-state index contributed by atoms with van der Waals surface area (Å²) >= 11 is 0. The van der Waals surface area contributed by atoms with Crippen LogP contribution in [0.2, 0.25) is 0 Å².